The summed E-state index contributed by atoms with van der Waals surface area (Å²) in [5.74, 6) is -0.529. The molecule has 3 N–H and O–H groups in total. The number of sulfonamides is 1. The Bertz CT molecular complexity index is 1560. The first-order chi connectivity index (χ1) is 20.9. The van der Waals surface area contributed by atoms with Gasteiger partial charge >= 0.3 is 12.2 Å². The van der Waals surface area contributed by atoms with Gasteiger partial charge in [0.05, 0.1) is 4.90 Å². The first-order valence-electron chi connectivity index (χ1n) is 14.1. The maximum atomic E-state index is 13.1. The SMILES string of the molecule is CSCC[C@H](NC(=O)OCC1c2ccccc2-c2ccccc21)C(=O)NS(=O)(=O)c1ccc(CNC(=O)OC(C)(C)C)cc1. The normalized spacial score (nSPS) is 13.3. The summed E-state index contributed by atoms with van der Waals surface area (Å²) in [7, 11) is -4.24. The summed E-state index contributed by atoms with van der Waals surface area (Å²) in [5, 5.41) is 5.15. The van der Waals surface area contributed by atoms with E-state index in [1.54, 1.807) is 20.8 Å². The first kappa shape index (κ1) is 32.9. The zero-order valence-corrected chi connectivity index (χ0v) is 26.7. The Morgan fingerprint density at radius 2 is 1.48 bits per heavy atom. The molecule has 3 aromatic carbocycles. The van der Waals surface area contributed by atoms with E-state index in [9.17, 15) is 22.8 Å². The van der Waals surface area contributed by atoms with Crippen molar-refractivity contribution < 1.29 is 32.3 Å². The van der Waals surface area contributed by atoms with E-state index in [2.05, 4.69) is 15.4 Å². The number of amides is 3. The van der Waals surface area contributed by atoms with Gasteiger partial charge in [0.2, 0.25) is 0 Å². The highest BCUT2D eigenvalue weighted by Gasteiger charge is 2.30. The summed E-state index contributed by atoms with van der Waals surface area (Å²) >= 11 is 1.46. The largest absolute Gasteiger partial charge is 0.449 e. The predicted octanol–water partition coefficient (Wildman–Crippen LogP) is 5.18. The molecule has 0 heterocycles. The van der Waals surface area contributed by atoms with E-state index in [0.717, 1.165) is 22.3 Å². The molecule has 3 amide bonds. The second kappa shape index (κ2) is 14.2. The summed E-state index contributed by atoms with van der Waals surface area (Å²) < 4.78 is 38.8. The smallest absolute Gasteiger partial charge is 0.407 e. The van der Waals surface area contributed by atoms with Crippen molar-refractivity contribution in [3.05, 3.63) is 89.5 Å². The average molecular weight is 640 g/mol. The van der Waals surface area contributed by atoms with Crippen molar-refractivity contribution in [1.82, 2.24) is 15.4 Å². The van der Waals surface area contributed by atoms with Crippen molar-refractivity contribution in [3.63, 3.8) is 0 Å². The number of fused-ring (bicyclic) bond motifs is 3. The van der Waals surface area contributed by atoms with Crippen LogP contribution in [-0.2, 0) is 30.8 Å². The zero-order valence-electron chi connectivity index (χ0n) is 25.1. The van der Waals surface area contributed by atoms with E-state index in [0.29, 0.717) is 11.3 Å². The standard InChI is InChI=1S/C32H37N3O7S2/c1-32(2,3)42-30(37)33-19-21-13-15-22(16-14-21)44(39,40)35-29(36)28(17-18-43-4)34-31(38)41-20-27-25-11-7-5-9-23(25)24-10-6-8-12-26(24)27/h5-16,27-28H,17-20H2,1-4H3,(H,33,37)(H,34,38)(H,35,36)/t28-/m0/s1. The number of nitrogens with one attached hydrogen (secondary N) is 3. The highest BCUT2D eigenvalue weighted by molar-refractivity contribution is 7.98. The molecule has 1 aliphatic rings. The number of benzene rings is 3. The van der Waals surface area contributed by atoms with E-state index in [1.165, 1.54) is 36.0 Å². The first-order valence-corrected chi connectivity index (χ1v) is 17.0. The molecular weight excluding hydrogens is 603 g/mol. The quantitative estimate of drug-likeness (QED) is 0.261. The number of hydrogen-bond acceptors (Lipinski definition) is 8. The third-order valence-electron chi connectivity index (χ3n) is 6.87. The minimum absolute atomic E-state index is 0.0597. The molecule has 1 aliphatic carbocycles. The second-order valence-corrected chi connectivity index (χ2v) is 13.9. The molecule has 0 fully saturated rings. The van der Waals surface area contributed by atoms with Crippen LogP contribution < -0.4 is 15.4 Å². The molecule has 0 saturated heterocycles. The van der Waals surface area contributed by atoms with Crippen molar-refractivity contribution in [2.45, 2.75) is 56.2 Å². The van der Waals surface area contributed by atoms with Gasteiger partial charge in [0, 0.05) is 12.5 Å². The van der Waals surface area contributed by atoms with Crippen LogP contribution in [0.4, 0.5) is 9.59 Å². The Labute approximate surface area is 262 Å². The maximum absolute atomic E-state index is 13.1. The van der Waals surface area contributed by atoms with Crippen LogP contribution in [-0.4, -0.2) is 56.8 Å². The fraction of sp³-hybridized carbons (Fsp3) is 0.344. The van der Waals surface area contributed by atoms with Gasteiger partial charge in [-0.3, -0.25) is 4.79 Å². The molecule has 0 spiro atoms. The fourth-order valence-corrected chi connectivity index (χ4v) is 6.31. The summed E-state index contributed by atoms with van der Waals surface area (Å²) in [5.41, 5.74) is 4.27. The Morgan fingerprint density at radius 1 is 0.886 bits per heavy atom. The Hall–Kier alpha value is -4.03. The molecular formula is C32H37N3O7S2. The Kier molecular flexibility index (Phi) is 10.6. The van der Waals surface area contributed by atoms with Crippen LogP contribution in [0.2, 0.25) is 0 Å². The molecule has 0 bridgehead atoms. The Balaban J connectivity index is 1.36. The van der Waals surface area contributed by atoms with Crippen LogP contribution >= 0.6 is 11.8 Å². The van der Waals surface area contributed by atoms with Crippen molar-refractivity contribution in [3.8, 4) is 11.1 Å². The maximum Gasteiger partial charge on any atom is 0.407 e. The van der Waals surface area contributed by atoms with E-state index >= 15 is 0 Å². The van der Waals surface area contributed by atoms with Crippen LogP contribution in [0.1, 0.15) is 49.8 Å². The number of rotatable bonds is 11. The van der Waals surface area contributed by atoms with Gasteiger partial charge in [-0.1, -0.05) is 60.7 Å². The minimum atomic E-state index is -4.24. The number of hydrogen-bond donors (Lipinski definition) is 3. The molecule has 3 aromatic rings. The zero-order chi connectivity index (χ0) is 31.9. The Morgan fingerprint density at radius 3 is 2.05 bits per heavy atom. The lowest BCUT2D eigenvalue weighted by Crippen LogP contribution is -2.49. The van der Waals surface area contributed by atoms with Gasteiger partial charge in [-0.15, -0.1) is 0 Å². The van der Waals surface area contributed by atoms with Gasteiger partial charge < -0.3 is 20.1 Å². The van der Waals surface area contributed by atoms with E-state index < -0.39 is 39.8 Å². The summed E-state index contributed by atoms with van der Waals surface area (Å²) in [4.78, 5) is 37.7. The van der Waals surface area contributed by atoms with Crippen molar-refractivity contribution in [2.24, 2.45) is 0 Å². The fourth-order valence-electron chi connectivity index (χ4n) is 4.82. The second-order valence-electron chi connectivity index (χ2n) is 11.3. The van der Waals surface area contributed by atoms with E-state index in [4.69, 9.17) is 9.47 Å². The summed E-state index contributed by atoms with van der Waals surface area (Å²) in [6, 6.07) is 20.5. The van der Waals surface area contributed by atoms with Crippen molar-refractivity contribution >= 4 is 39.9 Å². The van der Waals surface area contributed by atoms with Crippen LogP contribution in [0.3, 0.4) is 0 Å². The summed E-state index contributed by atoms with van der Waals surface area (Å²) in [6.45, 7) is 5.44. The topological polar surface area (TPSA) is 140 Å². The number of thioether (sulfide) groups is 1. The number of alkyl carbamates (subject to hydrolysis) is 2. The number of carbonyl (C=O) groups is 3. The predicted molar refractivity (Wildman–Crippen MR) is 170 cm³/mol. The van der Waals surface area contributed by atoms with Gasteiger partial charge in [0.15, 0.2) is 0 Å². The van der Waals surface area contributed by atoms with Crippen LogP contribution in [0.5, 0.6) is 0 Å². The molecule has 4 rings (SSSR count). The molecule has 0 unspecified atom stereocenters. The van der Waals surface area contributed by atoms with Gasteiger partial charge in [0.25, 0.3) is 15.9 Å². The molecule has 234 valence electrons. The van der Waals surface area contributed by atoms with Gasteiger partial charge in [-0.2, -0.15) is 11.8 Å². The lowest BCUT2D eigenvalue weighted by Gasteiger charge is -2.20. The van der Waals surface area contributed by atoms with E-state index in [1.807, 2.05) is 54.8 Å². The van der Waals surface area contributed by atoms with Gasteiger partial charge in [0.1, 0.15) is 18.2 Å². The molecule has 10 nitrogen and oxygen atoms in total. The molecule has 44 heavy (non-hydrogen) atoms. The van der Waals surface area contributed by atoms with Crippen LogP contribution in [0, 0.1) is 0 Å². The summed E-state index contributed by atoms with van der Waals surface area (Å²) in [6.07, 6.45) is 0.634. The lowest BCUT2D eigenvalue weighted by molar-refractivity contribution is -0.121. The number of ether oxygens (including phenoxy) is 2. The molecule has 0 saturated carbocycles. The van der Waals surface area contributed by atoms with Gasteiger partial charge in [-0.05, 0) is 79.2 Å². The van der Waals surface area contributed by atoms with Crippen molar-refractivity contribution in [2.75, 3.05) is 18.6 Å². The monoisotopic (exact) mass is 639 g/mol. The van der Waals surface area contributed by atoms with E-state index in [-0.39, 0.29) is 30.4 Å². The van der Waals surface area contributed by atoms with Crippen molar-refractivity contribution in [1.29, 1.82) is 0 Å². The third-order valence-corrected chi connectivity index (χ3v) is 8.87. The molecule has 12 heteroatoms. The highest BCUT2D eigenvalue weighted by atomic mass is 32.2. The minimum Gasteiger partial charge on any atom is -0.449 e. The average Bonchev–Trinajstić information content (AvgIpc) is 3.30. The number of carbonyl (C=O) groups excluding carboxylic acids is 3. The van der Waals surface area contributed by atoms with Crippen LogP contribution in [0.15, 0.2) is 77.7 Å². The molecule has 0 radical (unpaired) electrons. The van der Waals surface area contributed by atoms with Gasteiger partial charge in [-0.25, -0.2) is 22.7 Å². The van der Waals surface area contributed by atoms with Crippen LogP contribution in [0.25, 0.3) is 11.1 Å². The molecule has 1 atom stereocenters. The lowest BCUT2D eigenvalue weighted by atomic mass is 9.98. The molecule has 0 aromatic heterocycles. The third kappa shape index (κ3) is 8.54. The highest BCUT2D eigenvalue weighted by Crippen LogP contribution is 2.44. The molecule has 0 aliphatic heterocycles.